The summed E-state index contributed by atoms with van der Waals surface area (Å²) in [6.07, 6.45) is 6.21. The first kappa shape index (κ1) is 13.9. The molecule has 1 N–H and O–H groups in total. The minimum atomic E-state index is -0.942. The molecule has 8 nitrogen and oxygen atoms in total. The number of rotatable bonds is 6. The normalized spacial score (nSPS) is 11.0. The smallest absolute Gasteiger partial charge is 0.335 e. The lowest BCUT2D eigenvalue weighted by atomic mass is 9.97. The van der Waals surface area contributed by atoms with Gasteiger partial charge in [0.1, 0.15) is 25.3 Å². The Morgan fingerprint density at radius 3 is 2.23 bits per heavy atom. The van der Waals surface area contributed by atoms with Crippen LogP contribution in [0.4, 0.5) is 0 Å². The summed E-state index contributed by atoms with van der Waals surface area (Å²) in [4.78, 5) is 19.0. The number of aromatic nitrogens is 6. The Balaban J connectivity index is 1.89. The lowest BCUT2D eigenvalue weighted by Crippen LogP contribution is -2.17. The molecule has 0 unspecified atom stereocenters. The van der Waals surface area contributed by atoms with Gasteiger partial charge in [0, 0.05) is 5.92 Å². The monoisotopic (exact) mass is 298 g/mol. The molecule has 2 aromatic heterocycles. The molecule has 112 valence electrons. The van der Waals surface area contributed by atoms with E-state index < -0.39 is 5.97 Å². The lowest BCUT2D eigenvalue weighted by Gasteiger charge is -2.17. The minimum absolute atomic E-state index is 0.00250. The van der Waals surface area contributed by atoms with Crippen LogP contribution >= 0.6 is 0 Å². The average Bonchev–Trinajstić information content (AvgIpc) is 3.20. The molecule has 22 heavy (non-hydrogen) atoms. The minimum Gasteiger partial charge on any atom is -0.478 e. The second kappa shape index (κ2) is 6.17. The summed E-state index contributed by atoms with van der Waals surface area (Å²) < 4.78 is 3.43. The van der Waals surface area contributed by atoms with Gasteiger partial charge in [-0.05, 0) is 17.7 Å². The summed E-state index contributed by atoms with van der Waals surface area (Å²) in [6.45, 7) is 1.14. The van der Waals surface area contributed by atoms with E-state index in [1.165, 1.54) is 12.7 Å². The van der Waals surface area contributed by atoms with E-state index in [-0.39, 0.29) is 11.5 Å². The number of carboxylic acid groups (broad SMARTS) is 1. The van der Waals surface area contributed by atoms with Crippen LogP contribution in [0.5, 0.6) is 0 Å². The van der Waals surface area contributed by atoms with E-state index in [4.69, 9.17) is 5.11 Å². The van der Waals surface area contributed by atoms with Crippen molar-refractivity contribution in [1.82, 2.24) is 29.5 Å². The van der Waals surface area contributed by atoms with Crippen molar-refractivity contribution >= 4 is 5.97 Å². The second-order valence-corrected chi connectivity index (χ2v) is 4.86. The molecule has 1 aromatic carbocycles. The molecule has 0 aliphatic rings. The highest BCUT2D eigenvalue weighted by Gasteiger charge is 2.16. The third kappa shape index (κ3) is 3.17. The fraction of sp³-hybridized carbons (Fsp3) is 0.214. The van der Waals surface area contributed by atoms with E-state index in [0.29, 0.717) is 13.1 Å². The lowest BCUT2D eigenvalue weighted by molar-refractivity contribution is 0.0696. The van der Waals surface area contributed by atoms with E-state index in [0.717, 1.165) is 5.56 Å². The first-order valence-electron chi connectivity index (χ1n) is 6.70. The van der Waals surface area contributed by atoms with Crippen molar-refractivity contribution in [3.05, 3.63) is 60.7 Å². The van der Waals surface area contributed by atoms with Crippen LogP contribution in [0.15, 0.2) is 49.6 Å². The second-order valence-electron chi connectivity index (χ2n) is 4.86. The number of carboxylic acids is 1. The van der Waals surface area contributed by atoms with Crippen molar-refractivity contribution in [3.63, 3.8) is 0 Å². The molecule has 0 spiro atoms. The highest BCUT2D eigenvalue weighted by Crippen LogP contribution is 2.21. The van der Waals surface area contributed by atoms with Gasteiger partial charge in [-0.15, -0.1) is 0 Å². The molecule has 2 heterocycles. The van der Waals surface area contributed by atoms with Crippen LogP contribution in [0.25, 0.3) is 0 Å². The SMILES string of the molecule is O=C(O)c1cccc(C(Cn2cncn2)Cn2cncn2)c1. The molecule has 3 aromatic rings. The Morgan fingerprint density at radius 2 is 1.73 bits per heavy atom. The summed E-state index contributed by atoms with van der Waals surface area (Å²) in [7, 11) is 0. The zero-order chi connectivity index (χ0) is 15.4. The summed E-state index contributed by atoms with van der Waals surface area (Å²) in [5.41, 5.74) is 1.17. The van der Waals surface area contributed by atoms with Crippen molar-refractivity contribution in [2.45, 2.75) is 19.0 Å². The number of benzene rings is 1. The molecule has 0 atom stereocenters. The third-order valence-electron chi connectivity index (χ3n) is 3.35. The van der Waals surface area contributed by atoms with Crippen molar-refractivity contribution in [2.75, 3.05) is 0 Å². The average molecular weight is 298 g/mol. The zero-order valence-electron chi connectivity index (χ0n) is 11.6. The van der Waals surface area contributed by atoms with Gasteiger partial charge >= 0.3 is 5.97 Å². The van der Waals surface area contributed by atoms with Crippen LogP contribution in [0, 0.1) is 0 Å². The summed E-state index contributed by atoms with van der Waals surface area (Å²) in [5, 5.41) is 17.4. The standard InChI is InChI=1S/C14H14N6O2/c21-14(22)12-3-1-2-11(4-12)13(5-19-9-15-7-17-19)6-20-10-16-8-18-20/h1-4,7-10,13H,5-6H2,(H,21,22). The van der Waals surface area contributed by atoms with Gasteiger partial charge in [-0.25, -0.2) is 14.8 Å². The molecule has 3 rings (SSSR count). The topological polar surface area (TPSA) is 98.7 Å². The third-order valence-corrected chi connectivity index (χ3v) is 3.35. The highest BCUT2D eigenvalue weighted by molar-refractivity contribution is 5.87. The van der Waals surface area contributed by atoms with Crippen LogP contribution in [-0.2, 0) is 13.1 Å². The van der Waals surface area contributed by atoms with E-state index >= 15 is 0 Å². The Kier molecular flexibility index (Phi) is 3.90. The van der Waals surface area contributed by atoms with Crippen molar-refractivity contribution < 1.29 is 9.90 Å². The molecule has 0 bridgehead atoms. The maximum Gasteiger partial charge on any atom is 0.335 e. The quantitative estimate of drug-likeness (QED) is 0.730. The van der Waals surface area contributed by atoms with Gasteiger partial charge in [-0.1, -0.05) is 12.1 Å². The Morgan fingerprint density at radius 1 is 1.09 bits per heavy atom. The van der Waals surface area contributed by atoms with E-state index in [2.05, 4.69) is 20.2 Å². The Labute approximate surface area is 126 Å². The predicted octanol–water partition coefficient (Wildman–Crippen LogP) is 1.05. The zero-order valence-corrected chi connectivity index (χ0v) is 11.6. The Hall–Kier alpha value is -3.03. The fourth-order valence-electron chi connectivity index (χ4n) is 2.30. The van der Waals surface area contributed by atoms with Crippen LogP contribution in [-0.4, -0.2) is 40.6 Å². The van der Waals surface area contributed by atoms with Crippen molar-refractivity contribution in [2.24, 2.45) is 0 Å². The summed E-state index contributed by atoms with van der Waals surface area (Å²) in [6, 6.07) is 6.91. The first-order valence-corrected chi connectivity index (χ1v) is 6.70. The number of nitrogens with zero attached hydrogens (tertiary/aromatic N) is 6. The fourth-order valence-corrected chi connectivity index (χ4v) is 2.30. The van der Waals surface area contributed by atoms with Gasteiger partial charge in [0.05, 0.1) is 18.7 Å². The van der Waals surface area contributed by atoms with Crippen LogP contribution in [0.3, 0.4) is 0 Å². The van der Waals surface area contributed by atoms with E-state index in [1.54, 1.807) is 40.2 Å². The van der Waals surface area contributed by atoms with Crippen LogP contribution in [0.2, 0.25) is 0 Å². The van der Waals surface area contributed by atoms with Crippen LogP contribution in [0.1, 0.15) is 21.8 Å². The van der Waals surface area contributed by atoms with Gasteiger partial charge < -0.3 is 5.11 Å². The van der Waals surface area contributed by atoms with Gasteiger partial charge in [-0.3, -0.25) is 9.36 Å². The molecule has 0 saturated heterocycles. The van der Waals surface area contributed by atoms with Gasteiger partial charge in [-0.2, -0.15) is 10.2 Å². The molecule has 0 aliphatic carbocycles. The molecule has 0 fully saturated rings. The predicted molar refractivity (Wildman–Crippen MR) is 76.2 cm³/mol. The Bertz CT molecular complexity index is 702. The van der Waals surface area contributed by atoms with Crippen LogP contribution < -0.4 is 0 Å². The molecule has 0 amide bonds. The largest absolute Gasteiger partial charge is 0.478 e. The molecular formula is C14H14N6O2. The van der Waals surface area contributed by atoms with Gasteiger partial charge in [0.15, 0.2) is 0 Å². The maximum atomic E-state index is 11.2. The van der Waals surface area contributed by atoms with Gasteiger partial charge in [0.25, 0.3) is 0 Å². The number of hydrogen-bond acceptors (Lipinski definition) is 5. The maximum absolute atomic E-state index is 11.2. The van der Waals surface area contributed by atoms with Crippen molar-refractivity contribution in [3.8, 4) is 0 Å². The number of hydrogen-bond donors (Lipinski definition) is 1. The molecule has 0 saturated carbocycles. The van der Waals surface area contributed by atoms with Crippen molar-refractivity contribution in [1.29, 1.82) is 0 Å². The van der Waals surface area contributed by atoms with Gasteiger partial charge in [0.2, 0.25) is 0 Å². The van der Waals surface area contributed by atoms with E-state index in [1.807, 2.05) is 6.07 Å². The molecule has 0 aliphatic heterocycles. The first-order chi connectivity index (χ1) is 10.7. The summed E-state index contributed by atoms with van der Waals surface area (Å²) in [5.74, 6) is -0.940. The number of aromatic carboxylic acids is 1. The molecule has 8 heteroatoms. The summed E-state index contributed by atoms with van der Waals surface area (Å²) >= 11 is 0. The highest BCUT2D eigenvalue weighted by atomic mass is 16.4. The molecular weight excluding hydrogens is 284 g/mol. The molecule has 0 radical (unpaired) electrons. The van der Waals surface area contributed by atoms with E-state index in [9.17, 15) is 4.79 Å². The number of carbonyl (C=O) groups is 1.